The molecule has 1 aromatic heterocycles. The zero-order valence-corrected chi connectivity index (χ0v) is 22.8. The van der Waals surface area contributed by atoms with Crippen LogP contribution in [0.1, 0.15) is 39.3 Å². The molecular weight excluding hydrogens is 548 g/mol. The fourth-order valence-corrected chi connectivity index (χ4v) is 5.63. The Hall–Kier alpha value is -3.35. The van der Waals surface area contributed by atoms with Crippen molar-refractivity contribution in [2.24, 2.45) is 0 Å². The van der Waals surface area contributed by atoms with Crippen LogP contribution in [0.15, 0.2) is 58.3 Å². The quantitative estimate of drug-likeness (QED) is 0.165. The lowest BCUT2D eigenvalue weighted by Crippen LogP contribution is -2.36. The number of H-pyrrole nitrogens is 1. The molecule has 216 valence electrons. The van der Waals surface area contributed by atoms with Crippen LogP contribution in [0.2, 0.25) is 0 Å². The van der Waals surface area contributed by atoms with Crippen LogP contribution < -0.4 is 20.9 Å². The Labute approximate surface area is 228 Å². The molecule has 2 aromatic carbocycles. The number of aromatic amines is 1. The van der Waals surface area contributed by atoms with Gasteiger partial charge in [-0.3, -0.25) is 23.7 Å². The third-order valence-electron chi connectivity index (χ3n) is 6.26. The van der Waals surface area contributed by atoms with E-state index in [4.69, 9.17) is 18.5 Å². The number of aliphatic hydroxyl groups is 1. The van der Waals surface area contributed by atoms with E-state index >= 15 is 0 Å². The summed E-state index contributed by atoms with van der Waals surface area (Å²) < 4.78 is 50.9. The number of rotatable bonds is 12. The van der Waals surface area contributed by atoms with Crippen molar-refractivity contribution in [1.82, 2.24) is 14.6 Å². The first kappa shape index (κ1) is 29.6. The molecule has 0 spiro atoms. The number of hydrogen-bond donors (Lipinski definition) is 3. The van der Waals surface area contributed by atoms with E-state index in [1.807, 2.05) is 30.1 Å². The highest BCUT2D eigenvalue weighted by Crippen LogP contribution is 2.47. The third kappa shape index (κ3) is 7.04. The minimum absolute atomic E-state index is 0.137. The molecule has 0 bridgehead atoms. The van der Waals surface area contributed by atoms with Crippen LogP contribution >= 0.6 is 7.75 Å². The highest BCUT2D eigenvalue weighted by molar-refractivity contribution is 7.52. The lowest BCUT2D eigenvalue weighted by atomic mass is 10.1. The van der Waals surface area contributed by atoms with Crippen LogP contribution in [0.25, 0.3) is 10.8 Å². The van der Waals surface area contributed by atoms with Gasteiger partial charge in [0.15, 0.2) is 0 Å². The van der Waals surface area contributed by atoms with E-state index in [1.54, 1.807) is 24.3 Å². The lowest BCUT2D eigenvalue weighted by molar-refractivity contribution is -0.145. The van der Waals surface area contributed by atoms with E-state index in [2.05, 4.69) is 5.09 Å². The van der Waals surface area contributed by atoms with Gasteiger partial charge in [-0.25, -0.2) is 9.36 Å². The van der Waals surface area contributed by atoms with E-state index in [-0.39, 0.29) is 18.8 Å². The van der Waals surface area contributed by atoms with Gasteiger partial charge in [0.2, 0.25) is 5.82 Å². The molecule has 0 saturated carbocycles. The summed E-state index contributed by atoms with van der Waals surface area (Å²) in [5, 5.41) is 14.6. The number of nitrogens with zero attached hydrogens (tertiary/aromatic N) is 1. The minimum atomic E-state index is -4.31. The molecule has 4 rings (SSSR count). The number of unbranched alkanes of at least 4 members (excludes halogenated alkanes) is 1. The zero-order valence-electron chi connectivity index (χ0n) is 21.9. The number of hydrogen-bond acceptors (Lipinski definition) is 9. The molecule has 2 heterocycles. The Kier molecular flexibility index (Phi) is 9.54. The lowest BCUT2D eigenvalue weighted by Gasteiger charge is -2.25. The third-order valence-corrected chi connectivity index (χ3v) is 7.89. The molecule has 3 N–H and O–H groups in total. The molecule has 14 heteroatoms. The molecule has 1 aliphatic heterocycles. The number of halogens is 1. The molecule has 1 aliphatic rings. The summed E-state index contributed by atoms with van der Waals surface area (Å²) in [7, 11) is -4.31. The van der Waals surface area contributed by atoms with E-state index in [1.165, 1.54) is 6.92 Å². The topological polar surface area (TPSA) is 158 Å². The second-order valence-corrected chi connectivity index (χ2v) is 11.0. The Morgan fingerprint density at radius 2 is 2.02 bits per heavy atom. The monoisotopic (exact) mass is 579 g/mol. The molecule has 3 aromatic rings. The van der Waals surface area contributed by atoms with Gasteiger partial charge in [-0.05, 0) is 24.8 Å². The number of nitrogens with one attached hydrogen (secondary N) is 2. The normalized spacial score (nSPS) is 21.1. The summed E-state index contributed by atoms with van der Waals surface area (Å²) in [5.74, 6) is -1.63. The first-order valence-electron chi connectivity index (χ1n) is 12.8. The first-order valence-corrected chi connectivity index (χ1v) is 14.4. The Bertz CT molecular complexity index is 1510. The fraction of sp³-hybridized carbons (Fsp3) is 0.423. The number of aromatic nitrogens is 2. The molecule has 1 saturated heterocycles. The molecule has 5 atom stereocenters. The average Bonchev–Trinajstić information content (AvgIpc) is 3.30. The first-order chi connectivity index (χ1) is 19.1. The van der Waals surface area contributed by atoms with Crippen LogP contribution in [0.4, 0.5) is 4.39 Å². The number of esters is 1. The van der Waals surface area contributed by atoms with Gasteiger partial charge in [0.25, 0.3) is 5.56 Å². The van der Waals surface area contributed by atoms with E-state index in [0.29, 0.717) is 18.0 Å². The van der Waals surface area contributed by atoms with Gasteiger partial charge >= 0.3 is 19.4 Å². The van der Waals surface area contributed by atoms with Crippen molar-refractivity contribution < 1.29 is 37.4 Å². The van der Waals surface area contributed by atoms with Gasteiger partial charge in [0.05, 0.1) is 25.5 Å². The predicted molar refractivity (Wildman–Crippen MR) is 142 cm³/mol. The number of fused-ring (bicyclic) bond motifs is 1. The number of carbonyl (C=O) groups is 1. The maximum atomic E-state index is 14.0. The van der Waals surface area contributed by atoms with Crippen LogP contribution in [0, 0.1) is 5.82 Å². The molecular formula is C26H31FN3O9P. The van der Waals surface area contributed by atoms with Crippen LogP contribution in [-0.4, -0.2) is 52.1 Å². The predicted octanol–water partition coefficient (Wildman–Crippen LogP) is 3.00. The molecule has 1 fully saturated rings. The Morgan fingerprint density at radius 3 is 2.80 bits per heavy atom. The average molecular weight is 580 g/mol. The summed E-state index contributed by atoms with van der Waals surface area (Å²) in [4.78, 5) is 37.8. The Morgan fingerprint density at radius 1 is 1.27 bits per heavy atom. The SMILES string of the molecule is CCCCOC(=O)C(C)NP(=O)(OCC1OC(n2cc(F)c(=O)[nH]c2=O)CC1O)Oc1cccc2ccccc12. The van der Waals surface area contributed by atoms with Gasteiger partial charge in [-0.15, -0.1) is 0 Å². The summed E-state index contributed by atoms with van der Waals surface area (Å²) >= 11 is 0. The molecule has 5 unspecified atom stereocenters. The second kappa shape index (κ2) is 12.9. The van der Waals surface area contributed by atoms with Gasteiger partial charge in [0, 0.05) is 11.8 Å². The molecule has 0 amide bonds. The van der Waals surface area contributed by atoms with Crippen molar-refractivity contribution in [2.45, 2.75) is 57.6 Å². The van der Waals surface area contributed by atoms with Crippen molar-refractivity contribution in [3.8, 4) is 5.75 Å². The molecule has 0 aliphatic carbocycles. The van der Waals surface area contributed by atoms with Gasteiger partial charge in [0.1, 0.15) is 24.1 Å². The summed E-state index contributed by atoms with van der Waals surface area (Å²) in [6.45, 7) is 3.12. The van der Waals surface area contributed by atoms with Crippen molar-refractivity contribution in [3.05, 3.63) is 75.3 Å². The molecule has 12 nitrogen and oxygen atoms in total. The number of aliphatic hydroxyl groups excluding tert-OH is 1. The fourth-order valence-electron chi connectivity index (χ4n) is 4.11. The van der Waals surface area contributed by atoms with Gasteiger partial charge in [-0.2, -0.15) is 9.48 Å². The number of ether oxygens (including phenoxy) is 2. The minimum Gasteiger partial charge on any atom is -0.465 e. The highest BCUT2D eigenvalue weighted by Gasteiger charge is 2.40. The number of carbonyl (C=O) groups excluding carboxylic acids is 1. The smallest absolute Gasteiger partial charge is 0.459 e. The standard InChI is InChI=1S/C26H31FN3O9P/c1-3-4-12-36-25(33)16(2)29-40(35,39-21-11-7-9-17-8-5-6-10-18(17)21)37-15-22-20(31)13-23(38-22)30-14-19(27)24(32)28-26(30)34/h5-11,14,16,20,22-23,31H,3-4,12-13,15H2,1-2H3,(H,29,35)(H,28,32,34). The number of benzene rings is 2. The largest absolute Gasteiger partial charge is 0.465 e. The summed E-state index contributed by atoms with van der Waals surface area (Å²) in [6, 6.07) is 11.3. The van der Waals surface area contributed by atoms with Crippen LogP contribution in [0.3, 0.4) is 0 Å². The van der Waals surface area contributed by atoms with Gasteiger partial charge < -0.3 is 19.1 Å². The van der Waals surface area contributed by atoms with Crippen molar-refractivity contribution in [3.63, 3.8) is 0 Å². The van der Waals surface area contributed by atoms with Gasteiger partial charge in [-0.1, -0.05) is 49.7 Å². The maximum absolute atomic E-state index is 14.0. The maximum Gasteiger partial charge on any atom is 0.459 e. The van der Waals surface area contributed by atoms with Crippen LogP contribution in [0.5, 0.6) is 5.75 Å². The zero-order chi connectivity index (χ0) is 28.9. The van der Waals surface area contributed by atoms with E-state index < -0.39 is 61.9 Å². The second-order valence-electron chi connectivity index (χ2n) is 9.31. The van der Waals surface area contributed by atoms with Crippen LogP contribution in [-0.2, 0) is 23.4 Å². The van der Waals surface area contributed by atoms with E-state index in [9.17, 15) is 28.4 Å². The molecule has 40 heavy (non-hydrogen) atoms. The summed E-state index contributed by atoms with van der Waals surface area (Å²) in [6.07, 6.45) is -1.39. The Balaban J connectivity index is 1.53. The van der Waals surface area contributed by atoms with Crippen molar-refractivity contribution in [1.29, 1.82) is 0 Å². The van der Waals surface area contributed by atoms with E-state index in [0.717, 1.165) is 16.4 Å². The summed E-state index contributed by atoms with van der Waals surface area (Å²) in [5.41, 5.74) is -2.10. The van der Waals surface area contributed by atoms with Crippen molar-refractivity contribution >= 4 is 24.5 Å². The highest BCUT2D eigenvalue weighted by atomic mass is 31.2. The van der Waals surface area contributed by atoms with Crippen molar-refractivity contribution in [2.75, 3.05) is 13.2 Å². The molecule has 0 radical (unpaired) electrons.